The van der Waals surface area contributed by atoms with Crippen molar-refractivity contribution in [1.29, 1.82) is 0 Å². The predicted molar refractivity (Wildman–Crippen MR) is 115 cm³/mol. The van der Waals surface area contributed by atoms with Gasteiger partial charge in [0.15, 0.2) is 11.5 Å². The van der Waals surface area contributed by atoms with Crippen molar-refractivity contribution in [3.8, 4) is 17.2 Å². The van der Waals surface area contributed by atoms with E-state index in [1.807, 2.05) is 6.92 Å². The van der Waals surface area contributed by atoms with Crippen molar-refractivity contribution < 1.29 is 42.9 Å². The van der Waals surface area contributed by atoms with Gasteiger partial charge in [0, 0.05) is 6.92 Å². The zero-order chi connectivity index (χ0) is 24.2. The third kappa shape index (κ3) is 7.93. The third-order valence-corrected chi connectivity index (χ3v) is 4.07. The Morgan fingerprint density at radius 2 is 1.61 bits per heavy atom. The Hall–Kier alpha value is -3.92. The summed E-state index contributed by atoms with van der Waals surface area (Å²) in [5.41, 5.74) is 5.32. The molecule has 0 radical (unpaired) electrons. The Balaban J connectivity index is 2.03. The van der Waals surface area contributed by atoms with Crippen LogP contribution < -0.4 is 19.9 Å². The zero-order valence-electron chi connectivity index (χ0n) is 18.3. The summed E-state index contributed by atoms with van der Waals surface area (Å²) in [6, 6.07) is 10.1. The molecule has 2 rings (SSSR count). The largest absolute Gasteiger partial charge is 0.490 e. The van der Waals surface area contributed by atoms with Crippen molar-refractivity contribution in [3.63, 3.8) is 0 Å². The van der Waals surface area contributed by atoms with Crippen molar-refractivity contribution in [2.45, 2.75) is 26.7 Å². The molecule has 176 valence electrons. The van der Waals surface area contributed by atoms with Crippen LogP contribution in [0, 0.1) is 0 Å². The summed E-state index contributed by atoms with van der Waals surface area (Å²) in [6.07, 6.45) is 1.70. The number of esters is 4. The van der Waals surface area contributed by atoms with E-state index in [1.54, 1.807) is 12.1 Å². The van der Waals surface area contributed by atoms with Crippen LogP contribution in [0.25, 0.3) is 0 Å². The predicted octanol–water partition coefficient (Wildman–Crippen LogP) is 2.63. The van der Waals surface area contributed by atoms with Gasteiger partial charge in [-0.1, -0.05) is 25.5 Å². The Morgan fingerprint density at radius 1 is 0.879 bits per heavy atom. The maximum atomic E-state index is 12.4. The molecule has 0 aliphatic rings. The monoisotopic (exact) mass is 459 g/mol. The first kappa shape index (κ1) is 25.3. The van der Waals surface area contributed by atoms with E-state index in [4.69, 9.17) is 29.4 Å². The van der Waals surface area contributed by atoms with Gasteiger partial charge in [-0.05, 0) is 36.8 Å². The number of rotatable bonds is 11. The van der Waals surface area contributed by atoms with Crippen LogP contribution in [0.2, 0.25) is 0 Å². The lowest BCUT2D eigenvalue weighted by molar-refractivity contribution is -0.133. The van der Waals surface area contributed by atoms with E-state index in [0.29, 0.717) is 6.61 Å². The molecule has 0 spiro atoms. The van der Waals surface area contributed by atoms with Crippen LogP contribution in [0.4, 0.5) is 0 Å². The Bertz CT molecular complexity index is 1000. The number of para-hydroxylation sites is 1. The van der Waals surface area contributed by atoms with E-state index >= 15 is 0 Å². The summed E-state index contributed by atoms with van der Waals surface area (Å²) in [6.45, 7) is 2.55. The first-order chi connectivity index (χ1) is 15.8. The first-order valence-corrected chi connectivity index (χ1v) is 10.1. The van der Waals surface area contributed by atoms with E-state index in [1.165, 1.54) is 37.3 Å². The molecule has 0 aliphatic heterocycles. The molecule has 0 amide bonds. The maximum absolute atomic E-state index is 12.4. The summed E-state index contributed by atoms with van der Waals surface area (Å²) in [4.78, 5) is 47.4. The minimum atomic E-state index is -0.850. The molecule has 0 fully saturated rings. The average Bonchev–Trinajstić information content (AvgIpc) is 2.79. The second-order valence-corrected chi connectivity index (χ2v) is 6.61. The van der Waals surface area contributed by atoms with Crippen molar-refractivity contribution in [1.82, 2.24) is 0 Å². The molecule has 0 aliphatic carbocycles. The number of unbranched alkanes of at least 4 members (excludes halogenated alkanes) is 1. The quantitative estimate of drug-likeness (QED) is 0.231. The highest BCUT2D eigenvalue weighted by molar-refractivity contribution is 5.94. The van der Waals surface area contributed by atoms with Gasteiger partial charge in [0.25, 0.3) is 0 Å². The number of hydrogen-bond donors (Lipinski definition) is 1. The second-order valence-electron chi connectivity index (χ2n) is 6.61. The van der Waals surface area contributed by atoms with Gasteiger partial charge in [0.05, 0.1) is 18.7 Å². The SMILES string of the molecule is CCCCOc1ccc(C(=O)OCOC(=O)c2ccccc2OC(C)=O)cc1OC(=O)CN. The fourth-order valence-electron chi connectivity index (χ4n) is 2.50. The van der Waals surface area contributed by atoms with Gasteiger partial charge in [0.2, 0.25) is 6.79 Å². The Morgan fingerprint density at radius 3 is 2.30 bits per heavy atom. The number of hydrogen-bond acceptors (Lipinski definition) is 10. The molecule has 2 aromatic rings. The van der Waals surface area contributed by atoms with Crippen molar-refractivity contribution in [2.75, 3.05) is 19.9 Å². The van der Waals surface area contributed by atoms with Gasteiger partial charge in [-0.15, -0.1) is 0 Å². The molecule has 0 heterocycles. The average molecular weight is 459 g/mol. The lowest BCUT2D eigenvalue weighted by Crippen LogP contribution is -2.20. The van der Waals surface area contributed by atoms with Crippen LogP contribution in [0.15, 0.2) is 42.5 Å². The van der Waals surface area contributed by atoms with Crippen LogP contribution in [0.3, 0.4) is 0 Å². The molecule has 0 saturated carbocycles. The van der Waals surface area contributed by atoms with Gasteiger partial charge >= 0.3 is 23.9 Å². The summed E-state index contributed by atoms with van der Waals surface area (Å²) in [5.74, 6) is -2.68. The van der Waals surface area contributed by atoms with Gasteiger partial charge in [-0.2, -0.15) is 0 Å². The summed E-state index contributed by atoms with van der Waals surface area (Å²) < 4.78 is 25.6. The molecule has 33 heavy (non-hydrogen) atoms. The number of carbonyl (C=O) groups excluding carboxylic acids is 4. The van der Waals surface area contributed by atoms with Crippen molar-refractivity contribution in [3.05, 3.63) is 53.6 Å². The van der Waals surface area contributed by atoms with Crippen LogP contribution >= 0.6 is 0 Å². The molecule has 0 aromatic heterocycles. The number of carbonyl (C=O) groups is 4. The molecular weight excluding hydrogens is 434 g/mol. The standard InChI is InChI=1S/C23H25NO9/c1-3-4-11-29-19-10-9-16(12-20(19)33-21(26)13-24)22(27)30-14-31-23(28)17-7-5-6-8-18(17)32-15(2)25/h5-10,12H,3-4,11,13-14,24H2,1-2H3. The van der Waals surface area contributed by atoms with Crippen LogP contribution in [-0.2, 0) is 19.1 Å². The van der Waals surface area contributed by atoms with E-state index in [2.05, 4.69) is 0 Å². The Labute approximate surface area is 190 Å². The van der Waals surface area contributed by atoms with E-state index < -0.39 is 30.7 Å². The highest BCUT2D eigenvalue weighted by atomic mass is 16.7. The molecule has 10 nitrogen and oxygen atoms in total. The highest BCUT2D eigenvalue weighted by Crippen LogP contribution is 2.29. The zero-order valence-corrected chi connectivity index (χ0v) is 18.3. The van der Waals surface area contributed by atoms with Crippen LogP contribution in [0.1, 0.15) is 47.4 Å². The topological polar surface area (TPSA) is 140 Å². The highest BCUT2D eigenvalue weighted by Gasteiger charge is 2.18. The number of benzene rings is 2. The minimum absolute atomic E-state index is 0.00619. The van der Waals surface area contributed by atoms with Gasteiger partial charge in [0.1, 0.15) is 11.3 Å². The molecule has 0 saturated heterocycles. The molecule has 0 unspecified atom stereocenters. The second kappa shape index (κ2) is 12.8. The van der Waals surface area contributed by atoms with E-state index in [9.17, 15) is 19.2 Å². The van der Waals surface area contributed by atoms with Gasteiger partial charge < -0.3 is 29.4 Å². The first-order valence-electron chi connectivity index (χ1n) is 10.1. The van der Waals surface area contributed by atoms with Crippen LogP contribution in [0.5, 0.6) is 17.2 Å². The Kier molecular flexibility index (Phi) is 9.84. The summed E-state index contributed by atoms with van der Waals surface area (Å²) in [5, 5.41) is 0. The number of ether oxygens (including phenoxy) is 5. The van der Waals surface area contributed by atoms with E-state index in [0.717, 1.165) is 12.8 Å². The maximum Gasteiger partial charge on any atom is 0.344 e. The van der Waals surface area contributed by atoms with Gasteiger partial charge in [-0.3, -0.25) is 9.59 Å². The van der Waals surface area contributed by atoms with Crippen molar-refractivity contribution in [2.24, 2.45) is 5.73 Å². The molecule has 2 aromatic carbocycles. The normalized spacial score (nSPS) is 10.2. The fraction of sp³-hybridized carbons (Fsp3) is 0.304. The van der Waals surface area contributed by atoms with Crippen LogP contribution in [-0.4, -0.2) is 43.8 Å². The molecule has 2 N–H and O–H groups in total. The summed E-state index contributed by atoms with van der Waals surface area (Å²) in [7, 11) is 0. The molecule has 10 heteroatoms. The van der Waals surface area contributed by atoms with E-state index in [-0.39, 0.29) is 34.9 Å². The smallest absolute Gasteiger partial charge is 0.344 e. The lowest BCUT2D eigenvalue weighted by atomic mass is 10.2. The number of nitrogens with two attached hydrogens (primary N) is 1. The molecular formula is C23H25NO9. The fourth-order valence-corrected chi connectivity index (χ4v) is 2.50. The van der Waals surface area contributed by atoms with Crippen molar-refractivity contribution >= 4 is 23.9 Å². The molecule has 0 atom stereocenters. The van der Waals surface area contributed by atoms with Gasteiger partial charge in [-0.25, -0.2) is 9.59 Å². The third-order valence-electron chi connectivity index (χ3n) is 4.07. The minimum Gasteiger partial charge on any atom is -0.490 e. The lowest BCUT2D eigenvalue weighted by Gasteiger charge is -2.13. The summed E-state index contributed by atoms with van der Waals surface area (Å²) >= 11 is 0. The molecule has 0 bridgehead atoms.